The van der Waals surface area contributed by atoms with Gasteiger partial charge in [-0.1, -0.05) is 19.9 Å². The van der Waals surface area contributed by atoms with Crippen LogP contribution in [0.15, 0.2) is 23.1 Å². The van der Waals surface area contributed by atoms with E-state index in [4.69, 9.17) is 4.74 Å². The van der Waals surface area contributed by atoms with E-state index in [9.17, 15) is 0 Å². The third-order valence-corrected chi connectivity index (χ3v) is 3.94. The normalized spacial score (nSPS) is 19.6. The summed E-state index contributed by atoms with van der Waals surface area (Å²) in [6.07, 6.45) is 0. The topological polar surface area (TPSA) is 21.3 Å². The minimum absolute atomic E-state index is 0.541. The van der Waals surface area contributed by atoms with Crippen molar-refractivity contribution in [2.45, 2.75) is 24.8 Å². The average molecular weight is 223 g/mol. The maximum Gasteiger partial charge on any atom is 0.143 e. The highest BCUT2D eigenvalue weighted by Crippen LogP contribution is 2.40. The zero-order valence-electron chi connectivity index (χ0n) is 9.41. The zero-order valence-corrected chi connectivity index (χ0v) is 10.2. The van der Waals surface area contributed by atoms with E-state index in [-0.39, 0.29) is 0 Å². The van der Waals surface area contributed by atoms with Crippen molar-refractivity contribution in [1.82, 2.24) is 0 Å². The Morgan fingerprint density at radius 3 is 2.93 bits per heavy atom. The van der Waals surface area contributed by atoms with Gasteiger partial charge in [-0.25, -0.2) is 0 Å². The van der Waals surface area contributed by atoms with Gasteiger partial charge in [-0.3, -0.25) is 0 Å². The van der Waals surface area contributed by atoms with Crippen LogP contribution in [0.1, 0.15) is 13.8 Å². The Bertz CT molecular complexity index is 337. The molecule has 0 saturated heterocycles. The largest absolute Gasteiger partial charge is 0.495 e. The summed E-state index contributed by atoms with van der Waals surface area (Å²) in [5.74, 6) is 2.73. The summed E-state index contributed by atoms with van der Waals surface area (Å²) in [4.78, 5) is 1.30. The van der Waals surface area contributed by atoms with E-state index < -0.39 is 0 Å². The third kappa shape index (κ3) is 2.07. The van der Waals surface area contributed by atoms with Gasteiger partial charge in [0.25, 0.3) is 0 Å². The summed E-state index contributed by atoms with van der Waals surface area (Å²) in [5, 5.41) is 3.57. The highest BCUT2D eigenvalue weighted by atomic mass is 32.2. The SMILES string of the molecule is COc1cccc2c1NC(C(C)C)CS2. The molecule has 1 aromatic rings. The van der Waals surface area contributed by atoms with Crippen molar-refractivity contribution in [2.24, 2.45) is 5.92 Å². The standard InChI is InChI=1S/C12H17NOS/c1-8(2)9-7-15-11-6-4-5-10(14-3)12(11)13-9/h4-6,8-9,13H,7H2,1-3H3. The Kier molecular flexibility index (Phi) is 3.10. The molecule has 82 valence electrons. The molecule has 0 aliphatic carbocycles. The molecular weight excluding hydrogens is 206 g/mol. The van der Waals surface area contributed by atoms with E-state index in [1.165, 1.54) is 4.90 Å². The van der Waals surface area contributed by atoms with Gasteiger partial charge >= 0.3 is 0 Å². The van der Waals surface area contributed by atoms with Crippen molar-refractivity contribution < 1.29 is 4.74 Å². The second kappa shape index (κ2) is 4.35. The number of methoxy groups -OCH3 is 1. The van der Waals surface area contributed by atoms with Crippen molar-refractivity contribution in [3.63, 3.8) is 0 Å². The minimum Gasteiger partial charge on any atom is -0.495 e. The fourth-order valence-electron chi connectivity index (χ4n) is 1.71. The van der Waals surface area contributed by atoms with Crippen molar-refractivity contribution >= 4 is 17.4 Å². The second-order valence-electron chi connectivity index (χ2n) is 4.14. The molecule has 15 heavy (non-hydrogen) atoms. The van der Waals surface area contributed by atoms with E-state index in [0.717, 1.165) is 17.2 Å². The van der Waals surface area contributed by atoms with E-state index in [2.05, 4.69) is 25.2 Å². The van der Waals surface area contributed by atoms with Gasteiger partial charge in [-0.05, 0) is 18.1 Å². The number of thioether (sulfide) groups is 1. The summed E-state index contributed by atoms with van der Waals surface area (Å²) in [6, 6.07) is 6.74. The van der Waals surface area contributed by atoms with Crippen LogP contribution in [0.2, 0.25) is 0 Å². The maximum absolute atomic E-state index is 5.36. The predicted molar refractivity (Wildman–Crippen MR) is 66.0 cm³/mol. The van der Waals surface area contributed by atoms with Crippen molar-refractivity contribution in [3.05, 3.63) is 18.2 Å². The van der Waals surface area contributed by atoms with Gasteiger partial charge < -0.3 is 10.1 Å². The third-order valence-electron chi connectivity index (χ3n) is 2.76. The maximum atomic E-state index is 5.36. The lowest BCUT2D eigenvalue weighted by atomic mass is 10.1. The molecule has 0 spiro atoms. The molecule has 1 aromatic carbocycles. The summed E-state index contributed by atoms with van der Waals surface area (Å²) in [7, 11) is 1.72. The van der Waals surface area contributed by atoms with E-state index >= 15 is 0 Å². The van der Waals surface area contributed by atoms with Crippen molar-refractivity contribution in [2.75, 3.05) is 18.2 Å². The molecule has 1 heterocycles. The van der Waals surface area contributed by atoms with Gasteiger partial charge in [0.1, 0.15) is 5.75 Å². The van der Waals surface area contributed by atoms with Gasteiger partial charge in [-0.15, -0.1) is 11.8 Å². The number of benzene rings is 1. The highest BCUT2D eigenvalue weighted by Gasteiger charge is 2.22. The molecule has 1 atom stereocenters. The van der Waals surface area contributed by atoms with Crippen LogP contribution < -0.4 is 10.1 Å². The molecule has 1 N–H and O–H groups in total. The first-order valence-corrected chi connectivity index (χ1v) is 6.27. The smallest absolute Gasteiger partial charge is 0.143 e. The first-order chi connectivity index (χ1) is 7.22. The lowest BCUT2D eigenvalue weighted by molar-refractivity contribution is 0.414. The van der Waals surface area contributed by atoms with Crippen LogP contribution in [0, 0.1) is 5.92 Å². The van der Waals surface area contributed by atoms with Gasteiger partial charge in [0, 0.05) is 16.7 Å². The molecule has 2 rings (SSSR count). The quantitative estimate of drug-likeness (QED) is 0.831. The molecule has 0 fully saturated rings. The molecular formula is C12H17NOS. The first kappa shape index (κ1) is 10.7. The van der Waals surface area contributed by atoms with E-state index in [1.807, 2.05) is 23.9 Å². The summed E-state index contributed by atoms with van der Waals surface area (Å²) in [6.45, 7) is 4.50. The lowest BCUT2D eigenvalue weighted by Gasteiger charge is -2.30. The molecule has 3 heteroatoms. The summed E-state index contributed by atoms with van der Waals surface area (Å²) in [5.41, 5.74) is 1.16. The Labute approximate surface area is 95.4 Å². The molecule has 0 aromatic heterocycles. The number of para-hydroxylation sites is 1. The Morgan fingerprint density at radius 2 is 2.27 bits per heavy atom. The van der Waals surface area contributed by atoms with E-state index in [0.29, 0.717) is 12.0 Å². The van der Waals surface area contributed by atoms with Crippen LogP contribution in [0.4, 0.5) is 5.69 Å². The number of fused-ring (bicyclic) bond motifs is 1. The fraction of sp³-hybridized carbons (Fsp3) is 0.500. The molecule has 0 amide bonds. The van der Waals surface area contributed by atoms with Crippen molar-refractivity contribution in [3.8, 4) is 5.75 Å². The molecule has 1 aliphatic rings. The molecule has 0 saturated carbocycles. The first-order valence-electron chi connectivity index (χ1n) is 5.28. The number of hydrogen-bond donors (Lipinski definition) is 1. The van der Waals surface area contributed by atoms with Crippen LogP contribution in [0.3, 0.4) is 0 Å². The fourth-order valence-corrected chi connectivity index (χ4v) is 3.02. The summed E-state index contributed by atoms with van der Waals surface area (Å²) < 4.78 is 5.36. The monoisotopic (exact) mass is 223 g/mol. The molecule has 2 nitrogen and oxygen atoms in total. The van der Waals surface area contributed by atoms with Gasteiger partial charge in [0.15, 0.2) is 0 Å². The zero-order chi connectivity index (χ0) is 10.8. The van der Waals surface area contributed by atoms with Crippen LogP contribution in [-0.4, -0.2) is 18.9 Å². The Morgan fingerprint density at radius 1 is 1.47 bits per heavy atom. The lowest BCUT2D eigenvalue weighted by Crippen LogP contribution is -2.31. The van der Waals surface area contributed by atoms with Crippen LogP contribution in [-0.2, 0) is 0 Å². The second-order valence-corrected chi connectivity index (χ2v) is 5.20. The molecule has 0 radical (unpaired) electrons. The van der Waals surface area contributed by atoms with Gasteiger partial charge in [-0.2, -0.15) is 0 Å². The van der Waals surface area contributed by atoms with Gasteiger partial charge in [0.2, 0.25) is 0 Å². The molecule has 1 aliphatic heterocycles. The number of ether oxygens (including phenoxy) is 1. The van der Waals surface area contributed by atoms with Gasteiger partial charge in [0.05, 0.1) is 12.8 Å². The molecule has 1 unspecified atom stereocenters. The number of nitrogens with one attached hydrogen (secondary N) is 1. The van der Waals surface area contributed by atoms with Crippen LogP contribution >= 0.6 is 11.8 Å². The van der Waals surface area contributed by atoms with Crippen LogP contribution in [0.5, 0.6) is 5.75 Å². The van der Waals surface area contributed by atoms with E-state index in [1.54, 1.807) is 7.11 Å². The van der Waals surface area contributed by atoms with Crippen molar-refractivity contribution in [1.29, 1.82) is 0 Å². The minimum atomic E-state index is 0.541. The number of rotatable bonds is 2. The molecule has 0 bridgehead atoms. The number of hydrogen-bond acceptors (Lipinski definition) is 3. The highest BCUT2D eigenvalue weighted by molar-refractivity contribution is 7.99. The summed E-state index contributed by atoms with van der Waals surface area (Å²) >= 11 is 1.91. The number of anilines is 1. The predicted octanol–water partition coefficient (Wildman–Crippen LogP) is 3.24. The Balaban J connectivity index is 2.30. The average Bonchev–Trinajstić information content (AvgIpc) is 2.27. The Hall–Kier alpha value is -0.830. The van der Waals surface area contributed by atoms with Crippen LogP contribution in [0.25, 0.3) is 0 Å².